The largest absolute Gasteiger partial charge is 0.490 e. The van der Waals surface area contributed by atoms with Crippen LogP contribution in [0, 0.1) is 0 Å². The summed E-state index contributed by atoms with van der Waals surface area (Å²) in [6, 6.07) is 5.24. The number of benzene rings is 1. The molecule has 0 fully saturated rings. The van der Waals surface area contributed by atoms with Crippen molar-refractivity contribution in [3.05, 3.63) is 28.8 Å². The van der Waals surface area contributed by atoms with Crippen LogP contribution in [-0.2, 0) is 4.74 Å². The first-order chi connectivity index (χ1) is 8.29. The van der Waals surface area contributed by atoms with Crippen molar-refractivity contribution in [2.24, 2.45) is 5.73 Å². The lowest BCUT2D eigenvalue weighted by Gasteiger charge is -2.19. The molecule has 0 aromatic heterocycles. The molecule has 0 amide bonds. The summed E-state index contributed by atoms with van der Waals surface area (Å²) < 4.78 is 11.1. The molecule has 0 saturated heterocycles. The predicted octanol–water partition coefficient (Wildman–Crippen LogP) is 3.17. The number of halogens is 1. The van der Waals surface area contributed by atoms with E-state index in [1.54, 1.807) is 18.2 Å². The molecule has 1 aromatic rings. The molecule has 18 heavy (non-hydrogen) atoms. The van der Waals surface area contributed by atoms with Crippen molar-refractivity contribution in [3.8, 4) is 5.75 Å². The van der Waals surface area contributed by atoms with E-state index < -0.39 is 0 Å². The molecule has 0 heterocycles. The maximum absolute atomic E-state index is 6.06. The van der Waals surface area contributed by atoms with Gasteiger partial charge in [0.2, 0.25) is 0 Å². The van der Waals surface area contributed by atoms with Crippen LogP contribution in [0.2, 0.25) is 5.02 Å². The topological polar surface area (TPSA) is 44.5 Å². The molecule has 0 unspecified atom stereocenters. The Kier molecular flexibility index (Phi) is 5.38. The minimum Gasteiger partial charge on any atom is -0.490 e. The molecular weight excluding hydrogens is 270 g/mol. The van der Waals surface area contributed by atoms with Gasteiger partial charge in [-0.3, -0.25) is 0 Å². The number of thiocarbonyl (C=S) groups is 1. The molecule has 0 aliphatic carbocycles. The maximum atomic E-state index is 6.06. The molecule has 2 N–H and O–H groups in total. The Morgan fingerprint density at radius 3 is 2.50 bits per heavy atom. The molecule has 0 saturated carbocycles. The Morgan fingerprint density at radius 1 is 1.33 bits per heavy atom. The average molecular weight is 288 g/mol. The second-order valence-corrected chi connectivity index (χ2v) is 5.67. The number of nitrogens with two attached hydrogens (primary N) is 1. The van der Waals surface area contributed by atoms with Crippen LogP contribution >= 0.6 is 23.8 Å². The lowest BCUT2D eigenvalue weighted by molar-refractivity contribution is -0.0162. The van der Waals surface area contributed by atoms with Gasteiger partial charge in [-0.1, -0.05) is 23.8 Å². The highest BCUT2D eigenvalue weighted by atomic mass is 35.5. The average Bonchev–Trinajstić information content (AvgIpc) is 2.24. The van der Waals surface area contributed by atoms with Crippen LogP contribution in [0.25, 0.3) is 0 Å². The van der Waals surface area contributed by atoms with Crippen molar-refractivity contribution < 1.29 is 9.47 Å². The van der Waals surface area contributed by atoms with E-state index in [0.29, 0.717) is 29.0 Å². The predicted molar refractivity (Wildman–Crippen MR) is 78.5 cm³/mol. The van der Waals surface area contributed by atoms with Crippen LogP contribution in [0.3, 0.4) is 0 Å². The molecular formula is C13H18ClNO2S. The van der Waals surface area contributed by atoms with E-state index in [1.165, 1.54) is 0 Å². The van der Waals surface area contributed by atoms with Crippen LogP contribution in [0.4, 0.5) is 0 Å². The van der Waals surface area contributed by atoms with Crippen LogP contribution in [0.5, 0.6) is 5.75 Å². The molecule has 1 rings (SSSR count). The van der Waals surface area contributed by atoms with E-state index in [9.17, 15) is 0 Å². The third kappa shape index (κ3) is 5.21. The molecule has 0 bridgehead atoms. The lowest BCUT2D eigenvalue weighted by Crippen LogP contribution is -2.22. The lowest BCUT2D eigenvalue weighted by atomic mass is 10.2. The van der Waals surface area contributed by atoms with Crippen molar-refractivity contribution in [3.63, 3.8) is 0 Å². The third-order valence-electron chi connectivity index (χ3n) is 2.09. The van der Waals surface area contributed by atoms with Crippen molar-refractivity contribution in [2.45, 2.75) is 26.4 Å². The Balaban J connectivity index is 2.51. The standard InChI is InChI=1S/C13H18ClNO2S/c1-13(2,3)17-7-6-16-11-5-4-9(12(15)18)8-10(11)14/h4-5,8H,6-7H2,1-3H3,(H2,15,18). The zero-order valence-electron chi connectivity index (χ0n) is 10.8. The Bertz CT molecular complexity index is 429. The zero-order valence-corrected chi connectivity index (χ0v) is 12.4. The van der Waals surface area contributed by atoms with Gasteiger partial charge in [0, 0.05) is 5.56 Å². The van der Waals surface area contributed by atoms with Crippen molar-refractivity contribution >= 4 is 28.8 Å². The highest BCUT2D eigenvalue weighted by molar-refractivity contribution is 7.80. The smallest absolute Gasteiger partial charge is 0.138 e. The second kappa shape index (κ2) is 6.36. The minimum absolute atomic E-state index is 0.164. The fourth-order valence-electron chi connectivity index (χ4n) is 1.27. The van der Waals surface area contributed by atoms with Crippen molar-refractivity contribution in [2.75, 3.05) is 13.2 Å². The summed E-state index contributed by atoms with van der Waals surface area (Å²) >= 11 is 10.9. The summed E-state index contributed by atoms with van der Waals surface area (Å²) in [6.45, 7) is 6.95. The van der Waals surface area contributed by atoms with Crippen LogP contribution < -0.4 is 10.5 Å². The number of hydrogen-bond donors (Lipinski definition) is 1. The van der Waals surface area contributed by atoms with E-state index in [4.69, 9.17) is 39.0 Å². The monoisotopic (exact) mass is 287 g/mol. The van der Waals surface area contributed by atoms with Gasteiger partial charge < -0.3 is 15.2 Å². The van der Waals surface area contributed by atoms with Gasteiger partial charge in [0.15, 0.2) is 0 Å². The van der Waals surface area contributed by atoms with Gasteiger partial charge in [0.1, 0.15) is 17.3 Å². The summed E-state index contributed by atoms with van der Waals surface area (Å²) in [5, 5.41) is 0.496. The summed E-state index contributed by atoms with van der Waals surface area (Å²) in [7, 11) is 0. The quantitative estimate of drug-likeness (QED) is 0.667. The molecule has 100 valence electrons. The third-order valence-corrected chi connectivity index (χ3v) is 2.62. The van der Waals surface area contributed by atoms with Gasteiger partial charge in [-0.2, -0.15) is 0 Å². The molecule has 5 heteroatoms. The first kappa shape index (κ1) is 15.2. The van der Waals surface area contributed by atoms with Crippen LogP contribution in [-0.4, -0.2) is 23.8 Å². The molecule has 0 atom stereocenters. The highest BCUT2D eigenvalue weighted by Crippen LogP contribution is 2.25. The molecule has 3 nitrogen and oxygen atoms in total. The van der Waals surface area contributed by atoms with Crippen LogP contribution in [0.1, 0.15) is 26.3 Å². The zero-order chi connectivity index (χ0) is 13.8. The first-order valence-corrected chi connectivity index (χ1v) is 6.44. The SMILES string of the molecule is CC(C)(C)OCCOc1ccc(C(N)=S)cc1Cl. The number of hydrogen-bond acceptors (Lipinski definition) is 3. The van der Waals surface area contributed by atoms with E-state index in [2.05, 4.69) is 0 Å². The maximum Gasteiger partial charge on any atom is 0.138 e. The number of ether oxygens (including phenoxy) is 2. The van der Waals surface area contributed by atoms with Gasteiger partial charge in [-0.15, -0.1) is 0 Å². The van der Waals surface area contributed by atoms with Crippen molar-refractivity contribution in [1.82, 2.24) is 0 Å². The normalized spacial score (nSPS) is 11.3. The summed E-state index contributed by atoms with van der Waals surface area (Å²) in [6.07, 6.45) is 0. The summed E-state index contributed by atoms with van der Waals surface area (Å²) in [5.41, 5.74) is 6.08. The van der Waals surface area contributed by atoms with Gasteiger partial charge in [-0.25, -0.2) is 0 Å². The molecule has 0 aliphatic rings. The Morgan fingerprint density at radius 2 is 2.00 bits per heavy atom. The molecule has 0 radical (unpaired) electrons. The summed E-state index contributed by atoms with van der Waals surface area (Å²) in [5.74, 6) is 0.606. The fourth-order valence-corrected chi connectivity index (χ4v) is 1.63. The molecule has 0 spiro atoms. The van der Waals surface area contributed by atoms with E-state index in [0.717, 1.165) is 5.56 Å². The first-order valence-electron chi connectivity index (χ1n) is 5.66. The van der Waals surface area contributed by atoms with Gasteiger partial charge in [0.25, 0.3) is 0 Å². The van der Waals surface area contributed by atoms with Crippen molar-refractivity contribution in [1.29, 1.82) is 0 Å². The fraction of sp³-hybridized carbons (Fsp3) is 0.462. The Hall–Kier alpha value is -0.840. The highest BCUT2D eigenvalue weighted by Gasteiger charge is 2.10. The second-order valence-electron chi connectivity index (χ2n) is 4.82. The van der Waals surface area contributed by atoms with Gasteiger partial charge in [-0.05, 0) is 39.0 Å². The van der Waals surface area contributed by atoms with Gasteiger partial charge >= 0.3 is 0 Å². The van der Waals surface area contributed by atoms with Gasteiger partial charge in [0.05, 0.1) is 17.2 Å². The van der Waals surface area contributed by atoms with E-state index in [-0.39, 0.29) is 5.60 Å². The minimum atomic E-state index is -0.164. The van der Waals surface area contributed by atoms with E-state index in [1.807, 2.05) is 20.8 Å². The molecule has 1 aromatic carbocycles. The summed E-state index contributed by atoms with van der Waals surface area (Å²) in [4.78, 5) is 0.319. The van der Waals surface area contributed by atoms with Crippen LogP contribution in [0.15, 0.2) is 18.2 Å². The van der Waals surface area contributed by atoms with E-state index >= 15 is 0 Å². The number of rotatable bonds is 5. The Labute approximate surface area is 118 Å². The molecule has 0 aliphatic heterocycles.